The minimum absolute atomic E-state index is 0.0245. The van der Waals surface area contributed by atoms with E-state index < -0.39 is 0 Å². The van der Waals surface area contributed by atoms with E-state index in [-0.39, 0.29) is 11.7 Å². The maximum absolute atomic E-state index is 12.9. The molecule has 2 aromatic rings. The number of aromatic nitrogens is 1. The number of aryl methyl sites for hydroxylation is 1. The summed E-state index contributed by atoms with van der Waals surface area (Å²) >= 11 is 12.4. The van der Waals surface area contributed by atoms with Crippen molar-refractivity contribution >= 4 is 34.9 Å². The van der Waals surface area contributed by atoms with Gasteiger partial charge in [-0.1, -0.05) is 35.3 Å². The van der Waals surface area contributed by atoms with Crippen LogP contribution in [0.25, 0.3) is 0 Å². The lowest BCUT2D eigenvalue weighted by molar-refractivity contribution is 0.0622. The number of aromatic amines is 1. The van der Waals surface area contributed by atoms with Crippen molar-refractivity contribution in [3.05, 3.63) is 56.3 Å². The first-order valence-corrected chi connectivity index (χ1v) is 9.69. The van der Waals surface area contributed by atoms with Gasteiger partial charge in [0.05, 0.1) is 10.0 Å². The molecule has 0 atom stereocenters. The van der Waals surface area contributed by atoms with E-state index in [0.717, 1.165) is 29.9 Å². The first kappa shape index (κ1) is 19.9. The number of nitrogens with zero attached hydrogens (tertiary/aromatic N) is 2. The summed E-state index contributed by atoms with van der Waals surface area (Å²) in [5, 5.41) is 1.15. The number of ketones is 1. The molecular formula is C20H23Cl2N3O2. The number of rotatable bonds is 4. The molecule has 1 aliphatic rings. The number of halogens is 2. The summed E-state index contributed by atoms with van der Waals surface area (Å²) in [7, 11) is 0. The van der Waals surface area contributed by atoms with Crippen LogP contribution in [0.4, 0.5) is 0 Å². The quantitative estimate of drug-likeness (QED) is 0.776. The Morgan fingerprint density at radius 1 is 1.11 bits per heavy atom. The molecule has 1 aromatic carbocycles. The van der Waals surface area contributed by atoms with Gasteiger partial charge >= 0.3 is 0 Å². The number of carbonyl (C=O) groups is 2. The third kappa shape index (κ3) is 4.05. The van der Waals surface area contributed by atoms with E-state index in [1.807, 2.05) is 30.9 Å². The average Bonchev–Trinajstić information content (AvgIpc) is 2.93. The highest BCUT2D eigenvalue weighted by Crippen LogP contribution is 2.27. The fraction of sp³-hybridized carbons (Fsp3) is 0.400. The van der Waals surface area contributed by atoms with Gasteiger partial charge in [-0.15, -0.1) is 0 Å². The van der Waals surface area contributed by atoms with Gasteiger partial charge in [0.25, 0.3) is 5.91 Å². The van der Waals surface area contributed by atoms with Crippen molar-refractivity contribution in [3.8, 4) is 0 Å². The molecule has 144 valence electrons. The van der Waals surface area contributed by atoms with Crippen LogP contribution in [0.3, 0.4) is 0 Å². The number of Topliss-reactive ketones (excluding diaryl/α,β-unsaturated/α-hetero) is 1. The Morgan fingerprint density at radius 3 is 2.37 bits per heavy atom. The minimum Gasteiger partial charge on any atom is -0.354 e. The van der Waals surface area contributed by atoms with Crippen molar-refractivity contribution in [2.24, 2.45) is 0 Å². The molecule has 1 aromatic heterocycles. The van der Waals surface area contributed by atoms with Crippen LogP contribution in [0, 0.1) is 13.8 Å². The van der Waals surface area contributed by atoms with Gasteiger partial charge in [-0.3, -0.25) is 14.5 Å². The van der Waals surface area contributed by atoms with E-state index in [1.165, 1.54) is 6.92 Å². The molecule has 1 amide bonds. The maximum Gasteiger partial charge on any atom is 0.270 e. The molecular weight excluding hydrogens is 385 g/mol. The van der Waals surface area contributed by atoms with Crippen LogP contribution < -0.4 is 0 Å². The molecule has 0 saturated carbocycles. The Bertz CT molecular complexity index is 884. The number of carbonyl (C=O) groups excluding carboxylic acids is 2. The summed E-state index contributed by atoms with van der Waals surface area (Å²) in [6.07, 6.45) is 0. The second kappa shape index (κ2) is 8.05. The summed E-state index contributed by atoms with van der Waals surface area (Å²) in [6.45, 7) is 8.65. The molecule has 5 nitrogen and oxygen atoms in total. The van der Waals surface area contributed by atoms with Gasteiger partial charge in [-0.2, -0.15) is 0 Å². The Kier molecular flexibility index (Phi) is 5.94. The number of benzene rings is 1. The zero-order valence-electron chi connectivity index (χ0n) is 15.7. The zero-order valence-corrected chi connectivity index (χ0v) is 17.2. The molecule has 1 N–H and O–H groups in total. The average molecular weight is 408 g/mol. The Labute approximate surface area is 169 Å². The van der Waals surface area contributed by atoms with E-state index >= 15 is 0 Å². The third-order valence-corrected chi connectivity index (χ3v) is 5.95. The van der Waals surface area contributed by atoms with Crippen molar-refractivity contribution in [1.82, 2.24) is 14.8 Å². The lowest BCUT2D eigenvalue weighted by atomic mass is 10.1. The second-order valence-corrected chi connectivity index (χ2v) is 7.75. The van der Waals surface area contributed by atoms with Gasteiger partial charge in [-0.25, -0.2) is 0 Å². The van der Waals surface area contributed by atoms with E-state index in [1.54, 1.807) is 6.07 Å². The maximum atomic E-state index is 12.9. The predicted octanol–water partition coefficient (Wildman–Crippen LogP) is 4.10. The van der Waals surface area contributed by atoms with Gasteiger partial charge in [0.2, 0.25) is 0 Å². The van der Waals surface area contributed by atoms with E-state index in [4.69, 9.17) is 23.2 Å². The lowest BCUT2D eigenvalue weighted by Gasteiger charge is -2.34. The van der Waals surface area contributed by atoms with Crippen LogP contribution in [0.1, 0.15) is 44.6 Å². The molecule has 1 aliphatic heterocycles. The summed E-state index contributed by atoms with van der Waals surface area (Å²) in [5.74, 6) is -0.0768. The van der Waals surface area contributed by atoms with Crippen LogP contribution in [-0.2, 0) is 6.54 Å². The van der Waals surface area contributed by atoms with Crippen LogP contribution in [0.5, 0.6) is 0 Å². The molecule has 0 radical (unpaired) electrons. The third-order valence-electron chi connectivity index (χ3n) is 5.09. The second-order valence-electron chi connectivity index (χ2n) is 6.96. The van der Waals surface area contributed by atoms with Gasteiger partial charge in [0.1, 0.15) is 5.69 Å². The number of amides is 1. The predicted molar refractivity (Wildman–Crippen MR) is 108 cm³/mol. The normalized spacial score (nSPS) is 15.2. The molecule has 7 heteroatoms. The van der Waals surface area contributed by atoms with Gasteiger partial charge in [-0.05, 0) is 38.0 Å². The molecule has 0 bridgehead atoms. The molecule has 0 aliphatic carbocycles. The van der Waals surface area contributed by atoms with E-state index in [0.29, 0.717) is 40.9 Å². The highest BCUT2D eigenvalue weighted by atomic mass is 35.5. The Hall–Kier alpha value is -1.82. The fourth-order valence-corrected chi connectivity index (χ4v) is 4.05. The SMILES string of the molecule is CC(=O)c1c(C)[nH]c(C(=O)N2CCN(Cc3cccc(Cl)c3Cl)CC2)c1C. The molecule has 1 saturated heterocycles. The first-order chi connectivity index (χ1) is 12.8. The number of H-pyrrole nitrogens is 1. The molecule has 27 heavy (non-hydrogen) atoms. The van der Waals surface area contributed by atoms with Gasteiger partial charge in [0.15, 0.2) is 5.78 Å². The molecule has 3 rings (SSSR count). The molecule has 0 unspecified atom stereocenters. The molecule has 0 spiro atoms. The van der Waals surface area contributed by atoms with Crippen LogP contribution >= 0.6 is 23.2 Å². The fourth-order valence-electron chi connectivity index (χ4n) is 3.67. The summed E-state index contributed by atoms with van der Waals surface area (Å²) in [4.78, 5) is 31.9. The van der Waals surface area contributed by atoms with E-state index in [9.17, 15) is 9.59 Å². The summed E-state index contributed by atoms with van der Waals surface area (Å²) in [5.41, 5.74) is 3.61. The van der Waals surface area contributed by atoms with E-state index in [2.05, 4.69) is 9.88 Å². The van der Waals surface area contributed by atoms with Gasteiger partial charge in [0, 0.05) is 44.0 Å². The summed E-state index contributed by atoms with van der Waals surface area (Å²) in [6, 6.07) is 5.65. The Balaban J connectivity index is 1.66. The van der Waals surface area contributed by atoms with Crippen LogP contribution in [0.2, 0.25) is 10.0 Å². The highest BCUT2D eigenvalue weighted by molar-refractivity contribution is 6.42. The molecule has 1 fully saturated rings. The topological polar surface area (TPSA) is 56.4 Å². The summed E-state index contributed by atoms with van der Waals surface area (Å²) < 4.78 is 0. The first-order valence-electron chi connectivity index (χ1n) is 8.94. The van der Waals surface area contributed by atoms with Crippen molar-refractivity contribution in [2.75, 3.05) is 26.2 Å². The zero-order chi connectivity index (χ0) is 19.7. The van der Waals surface area contributed by atoms with Crippen molar-refractivity contribution < 1.29 is 9.59 Å². The van der Waals surface area contributed by atoms with Crippen molar-refractivity contribution in [3.63, 3.8) is 0 Å². The molecule has 2 heterocycles. The Morgan fingerprint density at radius 2 is 1.78 bits per heavy atom. The number of hydrogen-bond donors (Lipinski definition) is 1. The van der Waals surface area contributed by atoms with Crippen LogP contribution in [-0.4, -0.2) is 52.7 Å². The van der Waals surface area contributed by atoms with Gasteiger partial charge < -0.3 is 9.88 Å². The largest absolute Gasteiger partial charge is 0.354 e. The monoisotopic (exact) mass is 407 g/mol. The lowest BCUT2D eigenvalue weighted by Crippen LogP contribution is -2.48. The number of hydrogen-bond acceptors (Lipinski definition) is 3. The van der Waals surface area contributed by atoms with Crippen molar-refractivity contribution in [2.45, 2.75) is 27.3 Å². The standard InChI is InChI=1S/C20H23Cl2N3O2/c1-12-17(14(3)26)13(2)23-19(12)20(27)25-9-7-24(8-10-25)11-15-5-4-6-16(21)18(15)22/h4-6,23H,7-11H2,1-3H3. The highest BCUT2D eigenvalue weighted by Gasteiger charge is 2.27. The minimum atomic E-state index is -0.0523. The van der Waals surface area contributed by atoms with Crippen LogP contribution in [0.15, 0.2) is 18.2 Å². The smallest absolute Gasteiger partial charge is 0.270 e. The number of piperazine rings is 1. The number of nitrogens with one attached hydrogen (secondary N) is 1. The van der Waals surface area contributed by atoms with Crippen molar-refractivity contribution in [1.29, 1.82) is 0 Å².